The highest BCUT2D eigenvalue weighted by molar-refractivity contribution is 5.20. The number of hydrogen-bond acceptors (Lipinski definition) is 1. The van der Waals surface area contributed by atoms with Crippen molar-refractivity contribution in [2.24, 2.45) is 11.8 Å². The van der Waals surface area contributed by atoms with Gasteiger partial charge in [-0.3, -0.25) is 0 Å². The molecule has 0 aromatic heterocycles. The largest absolute Gasteiger partial charge is 0.307 e. The molecule has 1 aliphatic carbocycles. The minimum Gasteiger partial charge on any atom is -0.307 e. The Labute approximate surface area is 103 Å². The van der Waals surface area contributed by atoms with Crippen LogP contribution < -0.4 is 5.32 Å². The summed E-state index contributed by atoms with van der Waals surface area (Å²) in [6, 6.07) is 7.67. The number of halogens is 1. The van der Waals surface area contributed by atoms with E-state index >= 15 is 0 Å². The molecule has 0 bridgehead atoms. The fourth-order valence-electron chi connectivity index (χ4n) is 2.84. The predicted molar refractivity (Wildman–Crippen MR) is 69.3 cm³/mol. The molecule has 1 saturated carbocycles. The maximum atomic E-state index is 13.6. The average molecular weight is 235 g/mol. The molecule has 1 N–H and O–H groups in total. The highest BCUT2D eigenvalue weighted by atomic mass is 19.1. The third kappa shape index (κ3) is 2.68. The molecule has 0 amide bonds. The summed E-state index contributed by atoms with van der Waals surface area (Å²) in [6.45, 7) is 6.65. The number of rotatable bonds is 3. The van der Waals surface area contributed by atoms with Crippen LogP contribution in [-0.4, -0.2) is 6.04 Å². The van der Waals surface area contributed by atoms with E-state index in [0.29, 0.717) is 12.0 Å². The topological polar surface area (TPSA) is 12.0 Å². The molecule has 1 nitrogen and oxygen atoms in total. The van der Waals surface area contributed by atoms with Gasteiger partial charge >= 0.3 is 0 Å². The standard InChI is InChI=1S/C15H22FN/c1-10-8-9-15(11(10)2)17-12(3)13-6-4-5-7-14(13)16/h4-7,10-12,15,17H,8-9H2,1-3H3. The first-order chi connectivity index (χ1) is 8.09. The summed E-state index contributed by atoms with van der Waals surface area (Å²) in [5.74, 6) is 1.36. The summed E-state index contributed by atoms with van der Waals surface area (Å²) in [4.78, 5) is 0. The lowest BCUT2D eigenvalue weighted by Crippen LogP contribution is -2.34. The third-order valence-corrected chi connectivity index (χ3v) is 4.30. The van der Waals surface area contributed by atoms with Gasteiger partial charge in [-0.1, -0.05) is 32.0 Å². The van der Waals surface area contributed by atoms with Crippen molar-refractivity contribution < 1.29 is 4.39 Å². The van der Waals surface area contributed by atoms with E-state index in [9.17, 15) is 4.39 Å². The van der Waals surface area contributed by atoms with E-state index in [-0.39, 0.29) is 11.9 Å². The highest BCUT2D eigenvalue weighted by Crippen LogP contribution is 2.32. The second kappa shape index (κ2) is 5.18. The molecule has 2 rings (SSSR count). The maximum absolute atomic E-state index is 13.6. The van der Waals surface area contributed by atoms with E-state index in [1.54, 1.807) is 6.07 Å². The normalized spacial score (nSPS) is 30.5. The van der Waals surface area contributed by atoms with Crippen molar-refractivity contribution in [3.8, 4) is 0 Å². The molecular weight excluding hydrogens is 213 g/mol. The quantitative estimate of drug-likeness (QED) is 0.837. The summed E-state index contributed by atoms with van der Waals surface area (Å²) < 4.78 is 13.6. The third-order valence-electron chi connectivity index (χ3n) is 4.30. The number of benzene rings is 1. The summed E-state index contributed by atoms with van der Waals surface area (Å²) >= 11 is 0. The Morgan fingerprint density at radius 3 is 2.53 bits per heavy atom. The second-order valence-electron chi connectivity index (χ2n) is 5.43. The summed E-state index contributed by atoms with van der Waals surface area (Å²) in [7, 11) is 0. The van der Waals surface area contributed by atoms with Gasteiger partial charge in [0.15, 0.2) is 0 Å². The lowest BCUT2D eigenvalue weighted by molar-refractivity contribution is 0.344. The molecule has 1 aliphatic rings. The zero-order valence-corrected chi connectivity index (χ0v) is 10.9. The Bertz CT molecular complexity index is 377. The van der Waals surface area contributed by atoms with Crippen LogP contribution in [0.4, 0.5) is 4.39 Å². The maximum Gasteiger partial charge on any atom is 0.127 e. The smallest absolute Gasteiger partial charge is 0.127 e. The van der Waals surface area contributed by atoms with Crippen LogP contribution in [0.2, 0.25) is 0 Å². The Kier molecular flexibility index (Phi) is 3.82. The summed E-state index contributed by atoms with van der Waals surface area (Å²) in [5, 5.41) is 3.58. The van der Waals surface area contributed by atoms with Crippen molar-refractivity contribution in [3.63, 3.8) is 0 Å². The van der Waals surface area contributed by atoms with E-state index in [0.717, 1.165) is 11.5 Å². The van der Waals surface area contributed by atoms with Crippen molar-refractivity contribution in [2.75, 3.05) is 0 Å². The van der Waals surface area contributed by atoms with Gasteiger partial charge in [0.25, 0.3) is 0 Å². The fraction of sp³-hybridized carbons (Fsp3) is 0.600. The van der Waals surface area contributed by atoms with Crippen LogP contribution in [0.25, 0.3) is 0 Å². The molecule has 0 saturated heterocycles. The Morgan fingerprint density at radius 1 is 1.24 bits per heavy atom. The first-order valence-corrected chi connectivity index (χ1v) is 6.60. The molecule has 1 aromatic carbocycles. The Balaban J connectivity index is 2.02. The molecular formula is C15H22FN. The van der Waals surface area contributed by atoms with Gasteiger partial charge in [0.05, 0.1) is 0 Å². The molecule has 2 heteroatoms. The molecule has 4 atom stereocenters. The monoisotopic (exact) mass is 235 g/mol. The molecule has 1 fully saturated rings. The lowest BCUT2D eigenvalue weighted by atomic mass is 9.96. The molecule has 0 aliphatic heterocycles. The van der Waals surface area contributed by atoms with Crippen LogP contribution in [0.5, 0.6) is 0 Å². The summed E-state index contributed by atoms with van der Waals surface area (Å²) in [6.07, 6.45) is 2.49. The van der Waals surface area contributed by atoms with Crippen LogP contribution >= 0.6 is 0 Å². The van der Waals surface area contributed by atoms with Gasteiger partial charge in [-0.2, -0.15) is 0 Å². The van der Waals surface area contributed by atoms with Crippen molar-refractivity contribution >= 4 is 0 Å². The van der Waals surface area contributed by atoms with Gasteiger partial charge < -0.3 is 5.32 Å². The van der Waals surface area contributed by atoms with Gasteiger partial charge in [0.1, 0.15) is 5.82 Å². The Morgan fingerprint density at radius 2 is 1.94 bits per heavy atom. The predicted octanol–water partition coefficient (Wildman–Crippen LogP) is 3.91. The van der Waals surface area contributed by atoms with Gasteiger partial charge in [0, 0.05) is 17.6 Å². The van der Waals surface area contributed by atoms with Crippen LogP contribution in [-0.2, 0) is 0 Å². The van der Waals surface area contributed by atoms with Crippen molar-refractivity contribution in [1.29, 1.82) is 0 Å². The van der Waals surface area contributed by atoms with Gasteiger partial charge in [-0.15, -0.1) is 0 Å². The number of nitrogens with one attached hydrogen (secondary N) is 1. The van der Waals surface area contributed by atoms with E-state index in [1.807, 2.05) is 19.1 Å². The second-order valence-corrected chi connectivity index (χ2v) is 5.43. The summed E-state index contributed by atoms with van der Waals surface area (Å²) in [5.41, 5.74) is 0.777. The molecule has 17 heavy (non-hydrogen) atoms. The SMILES string of the molecule is CC(NC1CCC(C)C1C)c1ccccc1F. The highest BCUT2D eigenvalue weighted by Gasteiger charge is 2.30. The zero-order chi connectivity index (χ0) is 12.4. The number of hydrogen-bond donors (Lipinski definition) is 1. The van der Waals surface area contributed by atoms with E-state index < -0.39 is 0 Å². The fourth-order valence-corrected chi connectivity index (χ4v) is 2.84. The Hall–Kier alpha value is -0.890. The first kappa shape index (κ1) is 12.6. The average Bonchev–Trinajstić information content (AvgIpc) is 2.61. The van der Waals surface area contributed by atoms with Crippen LogP contribution in [0, 0.1) is 17.7 Å². The minimum absolute atomic E-state index is 0.0916. The molecule has 0 heterocycles. The molecule has 4 unspecified atom stereocenters. The van der Waals surface area contributed by atoms with Gasteiger partial charge in [0.2, 0.25) is 0 Å². The minimum atomic E-state index is -0.105. The first-order valence-electron chi connectivity index (χ1n) is 6.60. The van der Waals surface area contributed by atoms with Crippen molar-refractivity contribution in [3.05, 3.63) is 35.6 Å². The van der Waals surface area contributed by atoms with Crippen LogP contribution in [0.1, 0.15) is 45.2 Å². The van der Waals surface area contributed by atoms with E-state index in [4.69, 9.17) is 0 Å². The molecule has 0 spiro atoms. The van der Waals surface area contributed by atoms with Crippen molar-refractivity contribution in [1.82, 2.24) is 5.32 Å². The van der Waals surface area contributed by atoms with E-state index in [2.05, 4.69) is 19.2 Å². The van der Waals surface area contributed by atoms with Crippen LogP contribution in [0.15, 0.2) is 24.3 Å². The molecule has 94 valence electrons. The van der Waals surface area contributed by atoms with Crippen LogP contribution in [0.3, 0.4) is 0 Å². The molecule has 0 radical (unpaired) electrons. The molecule has 1 aromatic rings. The van der Waals surface area contributed by atoms with Gasteiger partial charge in [-0.25, -0.2) is 4.39 Å². The van der Waals surface area contributed by atoms with Gasteiger partial charge in [-0.05, 0) is 37.7 Å². The van der Waals surface area contributed by atoms with E-state index in [1.165, 1.54) is 18.9 Å². The lowest BCUT2D eigenvalue weighted by Gasteiger charge is -2.24. The van der Waals surface area contributed by atoms with Crippen molar-refractivity contribution in [2.45, 2.75) is 45.7 Å². The zero-order valence-electron chi connectivity index (χ0n) is 10.9.